The quantitative estimate of drug-likeness (QED) is 0.647. The summed E-state index contributed by atoms with van der Waals surface area (Å²) in [6.45, 7) is 4.56. The molecule has 1 aliphatic rings. The summed E-state index contributed by atoms with van der Waals surface area (Å²) in [5.41, 5.74) is 6.95. The van der Waals surface area contributed by atoms with Gasteiger partial charge in [0.2, 0.25) is 5.91 Å². The molecule has 0 atom stereocenters. The Bertz CT molecular complexity index is 534. The SMILES string of the molecule is CC(=Cc1ccc(F)cc1)C(=O)N1CCC(OCCCN)CC1. The third kappa shape index (κ3) is 5.44. The molecule has 0 aliphatic carbocycles. The van der Waals surface area contributed by atoms with Gasteiger partial charge in [-0.1, -0.05) is 12.1 Å². The van der Waals surface area contributed by atoms with Crippen molar-refractivity contribution in [2.24, 2.45) is 5.73 Å². The molecule has 0 bridgehead atoms. The molecular formula is C18H25FN2O2. The van der Waals surface area contributed by atoms with Crippen LogP contribution in [0.2, 0.25) is 0 Å². The lowest BCUT2D eigenvalue weighted by atomic mass is 10.1. The van der Waals surface area contributed by atoms with Gasteiger partial charge in [-0.25, -0.2) is 4.39 Å². The molecule has 1 aliphatic heterocycles. The molecule has 1 saturated heterocycles. The number of nitrogens with zero attached hydrogens (tertiary/aromatic N) is 1. The van der Waals surface area contributed by atoms with Crippen LogP contribution in [0.25, 0.3) is 6.08 Å². The third-order valence-electron chi connectivity index (χ3n) is 4.02. The van der Waals surface area contributed by atoms with E-state index in [1.165, 1.54) is 12.1 Å². The second kappa shape index (κ2) is 8.79. The van der Waals surface area contributed by atoms with E-state index in [1.54, 1.807) is 25.1 Å². The first-order valence-electron chi connectivity index (χ1n) is 8.15. The monoisotopic (exact) mass is 320 g/mol. The lowest BCUT2D eigenvalue weighted by Gasteiger charge is -2.32. The molecule has 0 unspecified atom stereocenters. The van der Waals surface area contributed by atoms with E-state index >= 15 is 0 Å². The Labute approximate surface area is 137 Å². The summed E-state index contributed by atoms with van der Waals surface area (Å²) in [7, 11) is 0. The maximum Gasteiger partial charge on any atom is 0.249 e. The first-order chi connectivity index (χ1) is 11.1. The van der Waals surface area contributed by atoms with Crippen molar-refractivity contribution in [1.29, 1.82) is 0 Å². The number of halogens is 1. The Morgan fingerprint density at radius 2 is 2.00 bits per heavy atom. The number of hydrogen-bond donors (Lipinski definition) is 1. The number of rotatable bonds is 6. The summed E-state index contributed by atoms with van der Waals surface area (Å²) >= 11 is 0. The number of ether oxygens (including phenoxy) is 1. The van der Waals surface area contributed by atoms with Crippen LogP contribution in [-0.2, 0) is 9.53 Å². The number of hydrogen-bond acceptors (Lipinski definition) is 3. The standard InChI is InChI=1S/C18H25FN2O2/c1-14(13-15-3-5-16(19)6-4-15)18(22)21-10-7-17(8-11-21)23-12-2-9-20/h3-6,13,17H,2,7-12,20H2,1H3. The van der Waals surface area contributed by atoms with Gasteiger partial charge in [0.15, 0.2) is 0 Å². The Hall–Kier alpha value is -1.72. The maximum absolute atomic E-state index is 12.9. The highest BCUT2D eigenvalue weighted by Gasteiger charge is 2.23. The van der Waals surface area contributed by atoms with Crippen LogP contribution in [0.3, 0.4) is 0 Å². The van der Waals surface area contributed by atoms with Gasteiger partial charge in [0, 0.05) is 25.3 Å². The molecule has 1 amide bonds. The van der Waals surface area contributed by atoms with Gasteiger partial charge >= 0.3 is 0 Å². The molecule has 0 spiro atoms. The fraction of sp³-hybridized carbons (Fsp3) is 0.500. The van der Waals surface area contributed by atoms with Crippen molar-refractivity contribution in [3.63, 3.8) is 0 Å². The van der Waals surface area contributed by atoms with Crippen LogP contribution in [0.4, 0.5) is 4.39 Å². The molecule has 5 heteroatoms. The minimum absolute atomic E-state index is 0.0368. The van der Waals surface area contributed by atoms with Crippen LogP contribution in [0.15, 0.2) is 29.8 Å². The van der Waals surface area contributed by atoms with Crippen molar-refractivity contribution in [3.8, 4) is 0 Å². The maximum atomic E-state index is 12.9. The van der Waals surface area contributed by atoms with Gasteiger partial charge in [0.1, 0.15) is 5.82 Å². The van der Waals surface area contributed by atoms with Crippen LogP contribution in [0, 0.1) is 5.82 Å². The Kier molecular flexibility index (Phi) is 6.74. The Morgan fingerprint density at radius 3 is 2.61 bits per heavy atom. The average molecular weight is 320 g/mol. The summed E-state index contributed by atoms with van der Waals surface area (Å²) in [5.74, 6) is -0.238. The van der Waals surface area contributed by atoms with E-state index < -0.39 is 0 Å². The number of amides is 1. The number of likely N-dealkylation sites (tertiary alicyclic amines) is 1. The van der Waals surface area contributed by atoms with E-state index in [4.69, 9.17) is 10.5 Å². The second-order valence-electron chi connectivity index (χ2n) is 5.88. The first-order valence-corrected chi connectivity index (χ1v) is 8.15. The molecule has 2 rings (SSSR count). The fourth-order valence-corrected chi connectivity index (χ4v) is 2.68. The van der Waals surface area contributed by atoms with Gasteiger partial charge in [0.25, 0.3) is 0 Å². The molecule has 1 heterocycles. The van der Waals surface area contributed by atoms with E-state index in [1.807, 2.05) is 4.90 Å². The Morgan fingerprint density at radius 1 is 1.35 bits per heavy atom. The van der Waals surface area contributed by atoms with Crippen molar-refractivity contribution < 1.29 is 13.9 Å². The van der Waals surface area contributed by atoms with E-state index in [0.29, 0.717) is 31.8 Å². The molecule has 0 saturated carbocycles. The zero-order chi connectivity index (χ0) is 16.7. The number of benzene rings is 1. The second-order valence-corrected chi connectivity index (χ2v) is 5.88. The van der Waals surface area contributed by atoms with Crippen LogP contribution in [0.1, 0.15) is 31.7 Å². The van der Waals surface area contributed by atoms with Crippen molar-refractivity contribution in [2.45, 2.75) is 32.3 Å². The highest BCUT2D eigenvalue weighted by atomic mass is 19.1. The van der Waals surface area contributed by atoms with E-state index in [-0.39, 0.29) is 17.8 Å². The lowest BCUT2D eigenvalue weighted by molar-refractivity contribution is -0.129. The minimum Gasteiger partial charge on any atom is -0.378 e. The van der Waals surface area contributed by atoms with Gasteiger partial charge < -0.3 is 15.4 Å². The highest BCUT2D eigenvalue weighted by molar-refractivity contribution is 5.97. The number of carbonyl (C=O) groups is 1. The molecule has 23 heavy (non-hydrogen) atoms. The van der Waals surface area contributed by atoms with Crippen LogP contribution in [0.5, 0.6) is 0 Å². The van der Waals surface area contributed by atoms with Crippen molar-refractivity contribution in [2.75, 3.05) is 26.2 Å². The predicted molar refractivity (Wildman–Crippen MR) is 89.3 cm³/mol. The zero-order valence-electron chi connectivity index (χ0n) is 13.6. The van der Waals surface area contributed by atoms with Crippen molar-refractivity contribution in [3.05, 3.63) is 41.2 Å². The zero-order valence-corrected chi connectivity index (χ0v) is 13.6. The van der Waals surface area contributed by atoms with E-state index in [0.717, 1.165) is 24.8 Å². The smallest absolute Gasteiger partial charge is 0.249 e. The average Bonchev–Trinajstić information content (AvgIpc) is 2.57. The molecule has 0 radical (unpaired) electrons. The van der Waals surface area contributed by atoms with Gasteiger partial charge in [0.05, 0.1) is 6.10 Å². The lowest BCUT2D eigenvalue weighted by Crippen LogP contribution is -2.41. The van der Waals surface area contributed by atoms with Gasteiger partial charge in [-0.3, -0.25) is 4.79 Å². The first kappa shape index (κ1) is 17.6. The summed E-state index contributed by atoms with van der Waals surface area (Å²) in [4.78, 5) is 14.3. The third-order valence-corrected chi connectivity index (χ3v) is 4.02. The van der Waals surface area contributed by atoms with E-state index in [9.17, 15) is 9.18 Å². The normalized spacial score (nSPS) is 16.7. The minimum atomic E-state index is -0.275. The van der Waals surface area contributed by atoms with Gasteiger partial charge in [-0.05, 0) is 56.5 Å². The number of carbonyl (C=O) groups excluding carboxylic acids is 1. The molecule has 2 N–H and O–H groups in total. The van der Waals surface area contributed by atoms with Crippen molar-refractivity contribution in [1.82, 2.24) is 4.90 Å². The van der Waals surface area contributed by atoms with Crippen LogP contribution in [-0.4, -0.2) is 43.2 Å². The van der Waals surface area contributed by atoms with Crippen LogP contribution < -0.4 is 5.73 Å². The molecular weight excluding hydrogens is 295 g/mol. The van der Waals surface area contributed by atoms with Crippen LogP contribution >= 0.6 is 0 Å². The molecule has 1 aromatic carbocycles. The fourth-order valence-electron chi connectivity index (χ4n) is 2.68. The summed E-state index contributed by atoms with van der Waals surface area (Å²) < 4.78 is 18.7. The topological polar surface area (TPSA) is 55.6 Å². The Balaban J connectivity index is 1.85. The molecule has 0 aromatic heterocycles. The summed E-state index contributed by atoms with van der Waals surface area (Å²) in [6.07, 6.45) is 4.62. The summed E-state index contributed by atoms with van der Waals surface area (Å²) in [5, 5.41) is 0. The van der Waals surface area contributed by atoms with Crippen molar-refractivity contribution >= 4 is 12.0 Å². The molecule has 1 fully saturated rings. The number of nitrogens with two attached hydrogens (primary N) is 1. The number of piperidine rings is 1. The van der Waals surface area contributed by atoms with Gasteiger partial charge in [-0.2, -0.15) is 0 Å². The predicted octanol–water partition coefficient (Wildman–Crippen LogP) is 2.59. The molecule has 1 aromatic rings. The van der Waals surface area contributed by atoms with E-state index in [2.05, 4.69) is 0 Å². The molecule has 126 valence electrons. The summed E-state index contributed by atoms with van der Waals surface area (Å²) in [6, 6.07) is 6.13. The largest absolute Gasteiger partial charge is 0.378 e. The highest BCUT2D eigenvalue weighted by Crippen LogP contribution is 2.17. The van der Waals surface area contributed by atoms with Gasteiger partial charge in [-0.15, -0.1) is 0 Å². The molecule has 4 nitrogen and oxygen atoms in total.